The van der Waals surface area contributed by atoms with Gasteiger partial charge in [0.1, 0.15) is 0 Å². The van der Waals surface area contributed by atoms with Crippen molar-refractivity contribution in [3.8, 4) is 0 Å². The first-order valence-corrected chi connectivity index (χ1v) is 4.92. The summed E-state index contributed by atoms with van der Waals surface area (Å²) < 4.78 is 5.01. The van der Waals surface area contributed by atoms with E-state index in [0.29, 0.717) is 5.92 Å². The summed E-state index contributed by atoms with van der Waals surface area (Å²) in [5.74, 6) is 0.534. The zero-order chi connectivity index (χ0) is 11.1. The van der Waals surface area contributed by atoms with Crippen molar-refractivity contribution in [3.63, 3.8) is 0 Å². The van der Waals surface area contributed by atoms with Crippen molar-refractivity contribution in [3.05, 3.63) is 0 Å². The third kappa shape index (κ3) is 5.19. The molecule has 0 aliphatic rings. The lowest BCUT2D eigenvalue weighted by Crippen LogP contribution is -2.43. The van der Waals surface area contributed by atoms with Gasteiger partial charge < -0.3 is 15.0 Å². The van der Waals surface area contributed by atoms with Crippen LogP contribution in [-0.2, 0) is 9.53 Å². The number of hydrogen-bond donors (Lipinski definition) is 1. The van der Waals surface area contributed by atoms with Crippen LogP contribution in [0.5, 0.6) is 0 Å². The monoisotopic (exact) mass is 202 g/mol. The van der Waals surface area contributed by atoms with E-state index in [1.54, 1.807) is 26.1 Å². The van der Waals surface area contributed by atoms with Gasteiger partial charge in [-0.3, -0.25) is 4.79 Å². The van der Waals surface area contributed by atoms with Crippen LogP contribution < -0.4 is 5.32 Å². The van der Waals surface area contributed by atoms with Gasteiger partial charge >= 0.3 is 0 Å². The number of amides is 1. The summed E-state index contributed by atoms with van der Waals surface area (Å²) in [6.07, 6.45) is 0. The Morgan fingerprint density at radius 3 is 2.43 bits per heavy atom. The zero-order valence-electron chi connectivity index (χ0n) is 9.83. The standard InChI is InChI=1S/C10H22N2O2/c1-8(7-14-5)6-11-9(2)10(13)12(3)4/h8-9,11H,6-7H2,1-5H3. The molecule has 84 valence electrons. The summed E-state index contributed by atoms with van der Waals surface area (Å²) in [5, 5.41) is 3.18. The summed E-state index contributed by atoms with van der Waals surface area (Å²) >= 11 is 0. The third-order valence-corrected chi connectivity index (χ3v) is 2.03. The molecule has 0 aromatic heterocycles. The number of nitrogens with one attached hydrogen (secondary N) is 1. The Morgan fingerprint density at radius 1 is 1.43 bits per heavy atom. The number of carbonyl (C=O) groups is 1. The fraction of sp³-hybridized carbons (Fsp3) is 0.900. The molecule has 0 saturated heterocycles. The van der Waals surface area contributed by atoms with Gasteiger partial charge in [-0.25, -0.2) is 0 Å². The van der Waals surface area contributed by atoms with Crippen LogP contribution >= 0.6 is 0 Å². The molecule has 0 aliphatic heterocycles. The third-order valence-electron chi connectivity index (χ3n) is 2.03. The second kappa shape index (κ2) is 6.79. The van der Waals surface area contributed by atoms with E-state index in [1.165, 1.54) is 0 Å². The Hall–Kier alpha value is -0.610. The molecule has 0 bridgehead atoms. The van der Waals surface area contributed by atoms with Crippen molar-refractivity contribution in [2.45, 2.75) is 19.9 Å². The van der Waals surface area contributed by atoms with Crippen molar-refractivity contribution in [2.24, 2.45) is 5.92 Å². The van der Waals surface area contributed by atoms with Crippen molar-refractivity contribution in [1.29, 1.82) is 0 Å². The maximum absolute atomic E-state index is 11.4. The van der Waals surface area contributed by atoms with Crippen molar-refractivity contribution in [1.82, 2.24) is 10.2 Å². The van der Waals surface area contributed by atoms with Gasteiger partial charge in [0.25, 0.3) is 0 Å². The van der Waals surface area contributed by atoms with Gasteiger partial charge in [0.2, 0.25) is 5.91 Å². The average molecular weight is 202 g/mol. The molecule has 1 amide bonds. The number of hydrogen-bond acceptors (Lipinski definition) is 3. The second-order valence-electron chi connectivity index (χ2n) is 3.92. The fourth-order valence-electron chi connectivity index (χ4n) is 1.20. The minimum atomic E-state index is -0.121. The maximum atomic E-state index is 11.4. The summed E-state index contributed by atoms with van der Waals surface area (Å²) in [6, 6.07) is -0.121. The predicted octanol–water partition coefficient (Wildman–Crippen LogP) is 0.335. The molecule has 2 unspecified atom stereocenters. The van der Waals surface area contributed by atoms with Crippen LogP contribution in [-0.4, -0.2) is 51.2 Å². The molecule has 0 aliphatic carbocycles. The largest absolute Gasteiger partial charge is 0.384 e. The molecule has 0 spiro atoms. The van der Waals surface area contributed by atoms with Gasteiger partial charge in [-0.2, -0.15) is 0 Å². The van der Waals surface area contributed by atoms with E-state index >= 15 is 0 Å². The molecular weight excluding hydrogens is 180 g/mol. The van der Waals surface area contributed by atoms with Crippen LogP contribution in [0.25, 0.3) is 0 Å². The van der Waals surface area contributed by atoms with E-state index in [4.69, 9.17) is 4.74 Å². The molecule has 1 N–H and O–H groups in total. The van der Waals surface area contributed by atoms with E-state index < -0.39 is 0 Å². The Morgan fingerprint density at radius 2 is 2.00 bits per heavy atom. The van der Waals surface area contributed by atoms with Crippen LogP contribution in [0, 0.1) is 5.92 Å². The van der Waals surface area contributed by atoms with Crippen LogP contribution in [0.2, 0.25) is 0 Å². The van der Waals surface area contributed by atoms with E-state index in [9.17, 15) is 4.79 Å². The van der Waals surface area contributed by atoms with Gasteiger partial charge in [-0.15, -0.1) is 0 Å². The van der Waals surface area contributed by atoms with E-state index in [0.717, 1.165) is 13.2 Å². The lowest BCUT2D eigenvalue weighted by Gasteiger charge is -2.19. The van der Waals surface area contributed by atoms with Crippen LogP contribution in [0.3, 0.4) is 0 Å². The van der Waals surface area contributed by atoms with E-state index in [1.807, 2.05) is 6.92 Å². The normalized spacial score (nSPS) is 14.9. The zero-order valence-corrected chi connectivity index (χ0v) is 9.83. The number of methoxy groups -OCH3 is 1. The smallest absolute Gasteiger partial charge is 0.238 e. The van der Waals surface area contributed by atoms with Crippen LogP contribution in [0.1, 0.15) is 13.8 Å². The first-order valence-electron chi connectivity index (χ1n) is 4.92. The maximum Gasteiger partial charge on any atom is 0.238 e. The minimum Gasteiger partial charge on any atom is -0.384 e. The highest BCUT2D eigenvalue weighted by Crippen LogP contribution is 1.95. The lowest BCUT2D eigenvalue weighted by atomic mass is 10.2. The molecule has 0 radical (unpaired) electrons. The number of rotatable bonds is 6. The highest BCUT2D eigenvalue weighted by molar-refractivity contribution is 5.80. The Bertz CT molecular complexity index is 172. The quantitative estimate of drug-likeness (QED) is 0.675. The summed E-state index contributed by atoms with van der Waals surface area (Å²) in [6.45, 7) is 5.48. The molecule has 4 nitrogen and oxygen atoms in total. The molecule has 0 rings (SSSR count). The molecule has 14 heavy (non-hydrogen) atoms. The molecule has 0 aromatic rings. The molecule has 4 heteroatoms. The second-order valence-corrected chi connectivity index (χ2v) is 3.92. The number of likely N-dealkylation sites (N-methyl/N-ethyl adjacent to an activating group) is 1. The van der Waals surface area contributed by atoms with Gasteiger partial charge in [0.05, 0.1) is 6.04 Å². The molecule has 0 aromatic carbocycles. The number of carbonyl (C=O) groups excluding carboxylic acids is 1. The van der Waals surface area contributed by atoms with Gasteiger partial charge in [0, 0.05) is 34.4 Å². The first kappa shape index (κ1) is 13.4. The Kier molecular flexibility index (Phi) is 6.49. The highest BCUT2D eigenvalue weighted by Gasteiger charge is 2.14. The lowest BCUT2D eigenvalue weighted by molar-refractivity contribution is -0.130. The topological polar surface area (TPSA) is 41.6 Å². The minimum absolute atomic E-state index is 0.106. The molecule has 2 atom stereocenters. The van der Waals surface area contributed by atoms with Gasteiger partial charge in [-0.05, 0) is 12.8 Å². The molecule has 0 saturated carbocycles. The van der Waals surface area contributed by atoms with E-state index in [2.05, 4.69) is 12.2 Å². The van der Waals surface area contributed by atoms with Crippen molar-refractivity contribution >= 4 is 5.91 Å². The summed E-state index contributed by atoms with van der Waals surface area (Å²) in [5.41, 5.74) is 0. The summed E-state index contributed by atoms with van der Waals surface area (Å²) in [4.78, 5) is 13.0. The predicted molar refractivity (Wildman–Crippen MR) is 57.2 cm³/mol. The molecule has 0 fully saturated rings. The average Bonchev–Trinajstić information content (AvgIpc) is 2.13. The van der Waals surface area contributed by atoms with Gasteiger partial charge in [-0.1, -0.05) is 6.92 Å². The van der Waals surface area contributed by atoms with Crippen molar-refractivity contribution in [2.75, 3.05) is 34.4 Å². The number of ether oxygens (including phenoxy) is 1. The van der Waals surface area contributed by atoms with Gasteiger partial charge in [0.15, 0.2) is 0 Å². The fourth-order valence-corrected chi connectivity index (χ4v) is 1.20. The SMILES string of the molecule is COCC(C)CNC(C)C(=O)N(C)C. The van der Waals surface area contributed by atoms with Crippen molar-refractivity contribution < 1.29 is 9.53 Å². The molecular formula is C10H22N2O2. The summed E-state index contributed by atoms with van der Waals surface area (Å²) in [7, 11) is 5.21. The Labute approximate surface area is 86.6 Å². The van der Waals surface area contributed by atoms with E-state index in [-0.39, 0.29) is 11.9 Å². The first-order chi connectivity index (χ1) is 6.49. The molecule has 0 heterocycles. The number of nitrogens with zero attached hydrogens (tertiary/aromatic N) is 1. The highest BCUT2D eigenvalue weighted by atomic mass is 16.5. The van der Waals surface area contributed by atoms with Crippen LogP contribution in [0.15, 0.2) is 0 Å². The van der Waals surface area contributed by atoms with Crippen LogP contribution in [0.4, 0.5) is 0 Å². The Balaban J connectivity index is 3.73.